The molecule has 224 valence electrons. The van der Waals surface area contributed by atoms with E-state index in [9.17, 15) is 24.0 Å². The number of H-pyrrole nitrogens is 1. The fourth-order valence-corrected chi connectivity index (χ4v) is 5.32. The van der Waals surface area contributed by atoms with E-state index >= 15 is 0 Å². The molecule has 41 heavy (non-hydrogen) atoms. The SMILES string of the molecule is CCC(=O)CCCCC[C@@H]1NC(=O)CNC(=O)C[C@H]([C@@H](C)CC)N(C)C(=O)[C@H](Cc2cc3ccccc3[nH]2)NC1=O. The molecule has 2 aromatic rings. The number of fused-ring (bicyclic) bond motifs is 1. The lowest BCUT2D eigenvalue weighted by molar-refractivity contribution is -0.139. The summed E-state index contributed by atoms with van der Waals surface area (Å²) in [5, 5.41) is 9.33. The van der Waals surface area contributed by atoms with Gasteiger partial charge in [0, 0.05) is 50.0 Å². The first-order chi connectivity index (χ1) is 19.6. The van der Waals surface area contributed by atoms with Gasteiger partial charge >= 0.3 is 0 Å². The summed E-state index contributed by atoms with van der Waals surface area (Å²) in [6.45, 7) is 5.57. The highest BCUT2D eigenvalue weighted by Crippen LogP contribution is 2.21. The Balaban J connectivity index is 1.87. The third-order valence-electron chi connectivity index (χ3n) is 8.11. The summed E-state index contributed by atoms with van der Waals surface area (Å²) in [5.74, 6) is -1.31. The predicted octanol–water partition coefficient (Wildman–Crippen LogP) is 3.00. The molecule has 10 heteroatoms. The van der Waals surface area contributed by atoms with Gasteiger partial charge in [0.05, 0.1) is 6.54 Å². The number of carbonyl (C=O) groups excluding carboxylic acids is 5. The Morgan fingerprint density at radius 2 is 1.76 bits per heavy atom. The standard InChI is InChI=1S/C31H45N5O5/c1-5-20(3)27-18-28(38)32-19-29(39)34-25(15-9-7-8-13-23(37)6-2)30(40)35-26(31(41)36(27)4)17-22-16-21-12-10-11-14-24(21)33-22/h10-12,14,16,20,25-27,33H,5-9,13,15,17-19H2,1-4H3,(H,32,38)(H,34,39)(H,35,40)/t20-,25-,26-,27+/m0/s1. The van der Waals surface area contributed by atoms with Gasteiger partial charge < -0.3 is 25.8 Å². The maximum Gasteiger partial charge on any atom is 0.245 e. The van der Waals surface area contributed by atoms with E-state index < -0.39 is 29.9 Å². The van der Waals surface area contributed by atoms with Crippen LogP contribution in [0, 0.1) is 5.92 Å². The molecule has 0 radical (unpaired) electrons. The molecule has 1 aliphatic rings. The molecule has 2 heterocycles. The predicted molar refractivity (Wildman–Crippen MR) is 158 cm³/mol. The first-order valence-corrected chi connectivity index (χ1v) is 14.8. The van der Waals surface area contributed by atoms with Gasteiger partial charge in [-0.15, -0.1) is 0 Å². The van der Waals surface area contributed by atoms with E-state index in [0.29, 0.717) is 32.1 Å². The Bertz CT molecular complexity index is 1190. The van der Waals surface area contributed by atoms with Gasteiger partial charge in [0.25, 0.3) is 0 Å². The van der Waals surface area contributed by atoms with Crippen LogP contribution in [0.15, 0.2) is 30.3 Å². The molecule has 0 aliphatic carbocycles. The van der Waals surface area contributed by atoms with Crippen molar-refractivity contribution in [3.63, 3.8) is 0 Å². The number of rotatable bonds is 11. The average Bonchev–Trinajstić information content (AvgIpc) is 3.38. The van der Waals surface area contributed by atoms with Crippen LogP contribution in [0.2, 0.25) is 0 Å². The van der Waals surface area contributed by atoms with E-state index in [2.05, 4.69) is 20.9 Å². The van der Waals surface area contributed by atoms with E-state index in [1.165, 1.54) is 0 Å². The number of carbonyl (C=O) groups is 5. The number of likely N-dealkylation sites (N-methyl/N-ethyl adjacent to an activating group) is 1. The van der Waals surface area contributed by atoms with Crippen molar-refractivity contribution < 1.29 is 24.0 Å². The number of aromatic nitrogens is 1. The summed E-state index contributed by atoms with van der Waals surface area (Å²) >= 11 is 0. The summed E-state index contributed by atoms with van der Waals surface area (Å²) in [7, 11) is 1.68. The summed E-state index contributed by atoms with van der Waals surface area (Å²) in [5.41, 5.74) is 1.72. The fourth-order valence-electron chi connectivity index (χ4n) is 5.32. The quantitative estimate of drug-likeness (QED) is 0.309. The Morgan fingerprint density at radius 3 is 2.46 bits per heavy atom. The number of benzene rings is 1. The van der Waals surface area contributed by atoms with Crippen molar-refractivity contribution in [1.29, 1.82) is 0 Å². The number of nitrogens with zero attached hydrogens (tertiary/aromatic N) is 1. The molecule has 4 amide bonds. The lowest BCUT2D eigenvalue weighted by Gasteiger charge is -2.35. The minimum absolute atomic E-state index is 0.0189. The second-order valence-corrected chi connectivity index (χ2v) is 11.1. The molecule has 1 aliphatic heterocycles. The molecule has 1 saturated heterocycles. The zero-order valence-electron chi connectivity index (χ0n) is 24.8. The van der Waals surface area contributed by atoms with Gasteiger partial charge in [0.1, 0.15) is 17.9 Å². The van der Waals surface area contributed by atoms with Gasteiger partial charge in [-0.2, -0.15) is 0 Å². The summed E-state index contributed by atoms with van der Waals surface area (Å²) in [4.78, 5) is 69.7. The van der Waals surface area contributed by atoms with Gasteiger partial charge in [-0.05, 0) is 36.3 Å². The third-order valence-corrected chi connectivity index (χ3v) is 8.11. The van der Waals surface area contributed by atoms with E-state index in [-0.39, 0.29) is 42.9 Å². The number of hydrogen-bond acceptors (Lipinski definition) is 5. The maximum absolute atomic E-state index is 14.0. The number of amides is 4. The molecule has 10 nitrogen and oxygen atoms in total. The number of aromatic amines is 1. The van der Waals surface area contributed by atoms with Crippen LogP contribution >= 0.6 is 0 Å². The van der Waals surface area contributed by atoms with E-state index in [4.69, 9.17) is 0 Å². The van der Waals surface area contributed by atoms with Crippen LogP contribution < -0.4 is 16.0 Å². The topological polar surface area (TPSA) is 140 Å². The normalized spacial score (nSPS) is 21.8. The van der Waals surface area contributed by atoms with E-state index in [0.717, 1.165) is 29.4 Å². The second-order valence-electron chi connectivity index (χ2n) is 11.1. The highest BCUT2D eigenvalue weighted by molar-refractivity contribution is 5.94. The van der Waals surface area contributed by atoms with Crippen molar-refractivity contribution in [3.05, 3.63) is 36.0 Å². The van der Waals surface area contributed by atoms with Gasteiger partial charge in [0.2, 0.25) is 23.6 Å². The number of hydrogen-bond donors (Lipinski definition) is 4. The molecule has 0 spiro atoms. The Kier molecular flexibility index (Phi) is 11.9. The minimum atomic E-state index is -0.905. The largest absolute Gasteiger partial charge is 0.358 e. The van der Waals surface area contributed by atoms with Crippen molar-refractivity contribution >= 4 is 40.3 Å². The van der Waals surface area contributed by atoms with Crippen LogP contribution in [0.4, 0.5) is 0 Å². The summed E-state index contributed by atoms with van der Waals surface area (Å²) in [6, 6.07) is 7.57. The van der Waals surface area contributed by atoms with Crippen LogP contribution in [0.3, 0.4) is 0 Å². The van der Waals surface area contributed by atoms with E-state index in [1.807, 2.05) is 51.1 Å². The summed E-state index contributed by atoms with van der Waals surface area (Å²) in [6.07, 6.45) is 4.46. The molecule has 0 saturated carbocycles. The molecular weight excluding hydrogens is 522 g/mol. The molecule has 1 fully saturated rings. The van der Waals surface area contributed by atoms with E-state index in [1.54, 1.807) is 11.9 Å². The molecule has 3 rings (SSSR count). The van der Waals surface area contributed by atoms with Gasteiger partial charge in [-0.25, -0.2) is 0 Å². The van der Waals surface area contributed by atoms with Crippen LogP contribution in [-0.4, -0.2) is 71.0 Å². The maximum atomic E-state index is 14.0. The molecule has 1 aromatic heterocycles. The molecular formula is C31H45N5O5. The van der Waals surface area contributed by atoms with Crippen molar-refractivity contribution in [2.45, 2.75) is 96.7 Å². The highest BCUT2D eigenvalue weighted by atomic mass is 16.2. The molecule has 0 unspecified atom stereocenters. The van der Waals surface area contributed by atoms with Crippen LogP contribution in [0.5, 0.6) is 0 Å². The summed E-state index contributed by atoms with van der Waals surface area (Å²) < 4.78 is 0. The van der Waals surface area contributed by atoms with Crippen molar-refractivity contribution in [2.24, 2.45) is 5.92 Å². The fraction of sp³-hybridized carbons (Fsp3) is 0.581. The zero-order chi connectivity index (χ0) is 29.9. The van der Waals surface area contributed by atoms with Gasteiger partial charge in [-0.1, -0.05) is 58.2 Å². The molecule has 0 bridgehead atoms. The van der Waals surface area contributed by atoms with Gasteiger partial charge in [0.15, 0.2) is 0 Å². The highest BCUT2D eigenvalue weighted by Gasteiger charge is 2.34. The van der Waals surface area contributed by atoms with Gasteiger partial charge in [-0.3, -0.25) is 24.0 Å². The number of Topliss-reactive ketones (excluding diaryl/α,β-unsaturated/α-hetero) is 1. The van der Waals surface area contributed by atoms with Crippen molar-refractivity contribution in [1.82, 2.24) is 25.8 Å². The lowest BCUT2D eigenvalue weighted by Crippen LogP contribution is -2.56. The average molecular weight is 568 g/mol. The monoisotopic (exact) mass is 567 g/mol. The number of ketones is 1. The molecule has 4 atom stereocenters. The lowest BCUT2D eigenvalue weighted by atomic mass is 9.93. The van der Waals surface area contributed by atoms with Crippen molar-refractivity contribution in [2.75, 3.05) is 13.6 Å². The zero-order valence-corrected chi connectivity index (χ0v) is 24.8. The molecule has 1 aromatic carbocycles. The smallest absolute Gasteiger partial charge is 0.245 e. The first-order valence-electron chi connectivity index (χ1n) is 14.8. The van der Waals surface area contributed by atoms with Crippen LogP contribution in [0.1, 0.15) is 77.8 Å². The Morgan fingerprint density at radius 1 is 1.00 bits per heavy atom. The second kappa shape index (κ2) is 15.3. The third kappa shape index (κ3) is 9.16. The van der Waals surface area contributed by atoms with Crippen LogP contribution in [0.25, 0.3) is 10.9 Å². The van der Waals surface area contributed by atoms with Crippen LogP contribution in [-0.2, 0) is 30.4 Å². The molecule has 4 N–H and O–H groups in total. The Hall–Kier alpha value is -3.69. The first kappa shape index (κ1) is 31.8. The number of para-hydroxylation sites is 1. The number of nitrogens with one attached hydrogen (secondary N) is 4. The minimum Gasteiger partial charge on any atom is -0.358 e. The Labute approximate surface area is 242 Å². The number of unbranched alkanes of at least 4 members (excludes halogenated alkanes) is 2. The van der Waals surface area contributed by atoms with Crippen molar-refractivity contribution in [3.8, 4) is 0 Å².